The van der Waals surface area contributed by atoms with Gasteiger partial charge in [-0.2, -0.15) is 0 Å². The van der Waals surface area contributed by atoms with Crippen molar-refractivity contribution in [2.75, 3.05) is 13.1 Å². The van der Waals surface area contributed by atoms with Crippen LogP contribution in [-0.2, 0) is 11.2 Å². The summed E-state index contributed by atoms with van der Waals surface area (Å²) in [5, 5.41) is 9.82. The van der Waals surface area contributed by atoms with E-state index >= 15 is 0 Å². The zero-order chi connectivity index (χ0) is 20.2. The van der Waals surface area contributed by atoms with Crippen molar-refractivity contribution in [3.63, 3.8) is 0 Å². The molecule has 1 heterocycles. The van der Waals surface area contributed by atoms with E-state index in [1.54, 1.807) is 13.0 Å². The average Bonchev–Trinajstić information content (AvgIpc) is 2.93. The molecule has 154 valence electrons. The number of alkyl halides is 3. The monoisotopic (exact) mass is 397 g/mol. The first-order valence-electron chi connectivity index (χ1n) is 9.89. The second kappa shape index (κ2) is 6.65. The molecule has 0 unspecified atom stereocenters. The van der Waals surface area contributed by atoms with E-state index in [0.717, 1.165) is 44.3 Å². The molecule has 7 heteroatoms. The van der Waals surface area contributed by atoms with Gasteiger partial charge in [-0.05, 0) is 69.1 Å². The topological polar surface area (TPSA) is 49.8 Å². The summed E-state index contributed by atoms with van der Waals surface area (Å²) >= 11 is 0. The summed E-state index contributed by atoms with van der Waals surface area (Å²) in [5.74, 6) is 0.371. The van der Waals surface area contributed by atoms with E-state index in [2.05, 4.69) is 4.74 Å². The van der Waals surface area contributed by atoms with E-state index in [1.807, 2.05) is 11.0 Å². The third kappa shape index (κ3) is 4.14. The van der Waals surface area contributed by atoms with Gasteiger partial charge in [0.1, 0.15) is 5.75 Å². The number of carbonyl (C=O) groups excluding carboxylic acids is 1. The molecule has 1 atom stereocenters. The number of benzene rings is 1. The molecule has 28 heavy (non-hydrogen) atoms. The third-order valence-corrected chi connectivity index (χ3v) is 6.55. The second-order valence-corrected chi connectivity index (χ2v) is 9.30. The van der Waals surface area contributed by atoms with Crippen LogP contribution in [0.2, 0.25) is 0 Å². The number of likely N-dealkylation sites (tertiary alicyclic amines) is 1. The first-order valence-corrected chi connectivity index (χ1v) is 9.89. The number of hydrogen-bond acceptors (Lipinski definition) is 3. The predicted molar refractivity (Wildman–Crippen MR) is 96.5 cm³/mol. The van der Waals surface area contributed by atoms with Crippen LogP contribution < -0.4 is 4.74 Å². The highest BCUT2D eigenvalue weighted by atomic mass is 19.4. The van der Waals surface area contributed by atoms with Crippen LogP contribution in [0.4, 0.5) is 13.2 Å². The number of rotatable bonds is 4. The highest BCUT2D eigenvalue weighted by molar-refractivity contribution is 5.81. The van der Waals surface area contributed by atoms with Gasteiger partial charge in [-0.15, -0.1) is 13.2 Å². The van der Waals surface area contributed by atoms with Crippen LogP contribution in [0, 0.1) is 17.3 Å². The Bertz CT molecular complexity index is 748. The Labute approximate surface area is 162 Å². The van der Waals surface area contributed by atoms with E-state index < -0.39 is 12.0 Å². The molecule has 1 aromatic carbocycles. The van der Waals surface area contributed by atoms with Crippen LogP contribution in [0.1, 0.15) is 44.6 Å². The van der Waals surface area contributed by atoms with E-state index in [-0.39, 0.29) is 23.0 Å². The van der Waals surface area contributed by atoms with Crippen molar-refractivity contribution in [1.29, 1.82) is 0 Å². The minimum atomic E-state index is -4.67. The number of nitrogens with zero attached hydrogens (tertiary/aromatic N) is 1. The lowest BCUT2D eigenvalue weighted by Gasteiger charge is -2.52. The van der Waals surface area contributed by atoms with Gasteiger partial charge < -0.3 is 14.7 Å². The van der Waals surface area contributed by atoms with Crippen molar-refractivity contribution in [1.82, 2.24) is 4.90 Å². The Balaban J connectivity index is 1.28. The molecule has 1 saturated heterocycles. The summed E-state index contributed by atoms with van der Waals surface area (Å²) < 4.78 is 41.2. The number of amides is 1. The van der Waals surface area contributed by atoms with Crippen molar-refractivity contribution in [2.45, 2.75) is 57.4 Å². The fraction of sp³-hybridized carbons (Fsp3) is 0.667. The van der Waals surface area contributed by atoms with Crippen molar-refractivity contribution in [3.05, 3.63) is 29.8 Å². The summed E-state index contributed by atoms with van der Waals surface area (Å²) in [6.07, 6.45) is 0.251. The smallest absolute Gasteiger partial charge is 0.406 e. The van der Waals surface area contributed by atoms with Crippen molar-refractivity contribution in [2.24, 2.45) is 17.3 Å². The van der Waals surface area contributed by atoms with Crippen molar-refractivity contribution < 1.29 is 27.8 Å². The summed E-state index contributed by atoms with van der Waals surface area (Å²) in [4.78, 5) is 14.4. The molecule has 0 aromatic heterocycles. The molecule has 1 amide bonds. The van der Waals surface area contributed by atoms with E-state index in [4.69, 9.17) is 0 Å². The van der Waals surface area contributed by atoms with Gasteiger partial charge in [0.05, 0.1) is 5.60 Å². The van der Waals surface area contributed by atoms with Gasteiger partial charge in [0.15, 0.2) is 0 Å². The van der Waals surface area contributed by atoms with Crippen LogP contribution in [0.3, 0.4) is 0 Å². The van der Waals surface area contributed by atoms with Crippen molar-refractivity contribution >= 4 is 5.91 Å². The molecule has 1 aromatic rings. The molecule has 3 fully saturated rings. The molecule has 0 radical (unpaired) electrons. The lowest BCUT2D eigenvalue weighted by atomic mass is 9.69. The maximum Gasteiger partial charge on any atom is 0.573 e. The van der Waals surface area contributed by atoms with E-state index in [9.17, 15) is 23.1 Å². The predicted octanol–water partition coefficient (Wildman–Crippen LogP) is 3.92. The minimum absolute atomic E-state index is 0.0408. The van der Waals surface area contributed by atoms with Crippen molar-refractivity contribution in [3.8, 4) is 5.75 Å². The molecule has 2 saturated carbocycles. The minimum Gasteiger partial charge on any atom is -0.406 e. The van der Waals surface area contributed by atoms with Crippen LogP contribution in [0.5, 0.6) is 5.75 Å². The molecule has 3 aliphatic rings. The lowest BCUT2D eigenvalue weighted by molar-refractivity contribution is -0.274. The van der Waals surface area contributed by atoms with Gasteiger partial charge >= 0.3 is 6.36 Å². The van der Waals surface area contributed by atoms with Gasteiger partial charge in [0.2, 0.25) is 5.91 Å². The fourth-order valence-electron chi connectivity index (χ4n) is 5.35. The summed E-state index contributed by atoms with van der Waals surface area (Å²) in [7, 11) is 0. The first-order chi connectivity index (χ1) is 13.0. The van der Waals surface area contributed by atoms with Crippen LogP contribution in [-0.4, -0.2) is 41.0 Å². The lowest BCUT2D eigenvalue weighted by Crippen LogP contribution is -2.61. The molecular formula is C21H26F3NO3. The molecule has 1 N–H and O–H groups in total. The summed E-state index contributed by atoms with van der Waals surface area (Å²) in [6.45, 7) is 3.32. The number of hydrogen-bond donors (Lipinski definition) is 1. The van der Waals surface area contributed by atoms with Crippen LogP contribution in [0.25, 0.3) is 0 Å². The highest BCUT2D eigenvalue weighted by Gasteiger charge is 2.52. The highest BCUT2D eigenvalue weighted by Crippen LogP contribution is 2.50. The maximum absolute atomic E-state index is 12.5. The largest absolute Gasteiger partial charge is 0.573 e. The van der Waals surface area contributed by atoms with Gasteiger partial charge in [0, 0.05) is 24.4 Å². The van der Waals surface area contributed by atoms with Crippen LogP contribution >= 0.6 is 0 Å². The van der Waals surface area contributed by atoms with Crippen LogP contribution in [0.15, 0.2) is 24.3 Å². The Morgan fingerprint density at radius 3 is 2.64 bits per heavy atom. The molecule has 1 spiro atoms. The number of carbonyl (C=O) groups is 1. The number of halogens is 3. The molecule has 1 aliphatic heterocycles. The fourth-order valence-corrected chi connectivity index (χ4v) is 5.35. The third-order valence-electron chi connectivity index (χ3n) is 6.55. The van der Waals surface area contributed by atoms with Gasteiger partial charge in [0.25, 0.3) is 0 Å². The Morgan fingerprint density at radius 1 is 1.29 bits per heavy atom. The van der Waals surface area contributed by atoms with Gasteiger partial charge in [-0.1, -0.05) is 12.1 Å². The molecule has 0 bridgehead atoms. The zero-order valence-electron chi connectivity index (χ0n) is 16.0. The van der Waals surface area contributed by atoms with E-state index in [1.165, 1.54) is 12.1 Å². The normalized spacial score (nSPS) is 31.4. The second-order valence-electron chi connectivity index (χ2n) is 9.30. The quantitative estimate of drug-likeness (QED) is 0.838. The van der Waals surface area contributed by atoms with E-state index in [0.29, 0.717) is 18.8 Å². The SMILES string of the molecule is CC1(O)CC(C(=O)N2CC3(CC[C@@H](Cc4cccc(OC(F)(F)F)c4)C3)C2)C1. The Hall–Kier alpha value is -1.76. The first kappa shape index (κ1) is 19.6. The standard InChI is InChI=1S/C21H26F3NO3/c1-19(27)10-16(11-19)18(26)25-12-20(13-25)6-5-15(9-20)7-14-3-2-4-17(8-14)28-21(22,23)24/h2-4,8,15-16,27H,5-7,9-13H2,1H3/t15-,16?,19?/m0/s1. The Morgan fingerprint density at radius 2 is 2.00 bits per heavy atom. The Kier molecular flexibility index (Phi) is 4.64. The van der Waals surface area contributed by atoms with Gasteiger partial charge in [-0.3, -0.25) is 4.79 Å². The zero-order valence-corrected chi connectivity index (χ0v) is 16.0. The molecule has 2 aliphatic carbocycles. The summed E-state index contributed by atoms with van der Waals surface area (Å²) in [6, 6.07) is 6.23. The molecule has 4 nitrogen and oxygen atoms in total. The average molecular weight is 397 g/mol. The number of ether oxygens (including phenoxy) is 1. The molecule has 4 rings (SSSR count). The maximum atomic E-state index is 12.5. The molecular weight excluding hydrogens is 371 g/mol. The summed E-state index contributed by atoms with van der Waals surface area (Å²) in [5.41, 5.74) is 0.339. The number of aliphatic hydroxyl groups is 1. The van der Waals surface area contributed by atoms with Gasteiger partial charge in [-0.25, -0.2) is 0 Å².